The number of nitrogens with one attached hydrogen (secondary N) is 1. The number of benzene rings is 1. The molecule has 0 aliphatic carbocycles. The Kier molecular flexibility index (Phi) is 3.27. The number of carbonyl (C=O) groups excluding carboxylic acids is 1. The largest absolute Gasteiger partial charge is 0.321 e. The number of rotatable bonds is 3. The molecule has 0 saturated carbocycles. The molecule has 118 valence electrons. The zero-order valence-corrected chi connectivity index (χ0v) is 12.8. The summed E-state index contributed by atoms with van der Waals surface area (Å²) in [5.41, 5.74) is 2.71. The summed E-state index contributed by atoms with van der Waals surface area (Å²) in [6.07, 6.45) is 7.08. The second-order valence-electron chi connectivity index (χ2n) is 5.26. The molecule has 8 heteroatoms. The molecule has 0 radical (unpaired) electrons. The Morgan fingerprint density at radius 3 is 2.71 bits per heavy atom. The van der Waals surface area contributed by atoms with E-state index in [0.29, 0.717) is 11.5 Å². The third-order valence-electron chi connectivity index (χ3n) is 3.51. The van der Waals surface area contributed by atoms with Gasteiger partial charge >= 0.3 is 0 Å². The van der Waals surface area contributed by atoms with Gasteiger partial charge in [0.15, 0.2) is 5.69 Å². The van der Waals surface area contributed by atoms with Crippen molar-refractivity contribution in [1.82, 2.24) is 29.4 Å². The minimum atomic E-state index is -0.298. The van der Waals surface area contributed by atoms with Gasteiger partial charge in [-0.05, 0) is 18.2 Å². The normalized spacial score (nSPS) is 10.9. The number of aromatic nitrogens is 6. The van der Waals surface area contributed by atoms with Gasteiger partial charge < -0.3 is 5.32 Å². The monoisotopic (exact) mass is 319 g/mol. The molecule has 0 aliphatic heterocycles. The number of carbonyl (C=O) groups is 1. The Morgan fingerprint density at radius 2 is 2.00 bits per heavy atom. The maximum Gasteiger partial charge on any atom is 0.277 e. The van der Waals surface area contributed by atoms with E-state index >= 15 is 0 Å². The molecule has 4 aromatic rings. The van der Waals surface area contributed by atoms with Gasteiger partial charge in [-0.2, -0.15) is 0 Å². The van der Waals surface area contributed by atoms with Gasteiger partial charge in [-0.15, -0.1) is 5.10 Å². The van der Waals surface area contributed by atoms with E-state index in [0.717, 1.165) is 11.3 Å². The molecule has 24 heavy (non-hydrogen) atoms. The molecule has 1 amide bonds. The molecule has 4 rings (SSSR count). The van der Waals surface area contributed by atoms with Gasteiger partial charge in [-0.3, -0.25) is 13.9 Å². The van der Waals surface area contributed by atoms with Gasteiger partial charge in [0.25, 0.3) is 5.91 Å². The van der Waals surface area contributed by atoms with Crippen molar-refractivity contribution in [1.29, 1.82) is 0 Å². The van der Waals surface area contributed by atoms with E-state index in [2.05, 4.69) is 25.6 Å². The number of fused-ring (bicyclic) bond motifs is 1. The highest BCUT2D eigenvalue weighted by Crippen LogP contribution is 2.21. The maximum absolute atomic E-state index is 12.0. The van der Waals surface area contributed by atoms with Crippen LogP contribution in [0.5, 0.6) is 0 Å². The Bertz CT molecular complexity index is 983. The summed E-state index contributed by atoms with van der Waals surface area (Å²) in [7, 11) is 1.71. The number of hydrogen-bond donors (Lipinski definition) is 1. The average molecular weight is 319 g/mol. The summed E-state index contributed by atoms with van der Waals surface area (Å²) in [4.78, 5) is 20.7. The van der Waals surface area contributed by atoms with Crippen LogP contribution in [0.4, 0.5) is 5.69 Å². The maximum atomic E-state index is 12.0. The quantitative estimate of drug-likeness (QED) is 0.621. The summed E-state index contributed by atoms with van der Waals surface area (Å²) >= 11 is 0. The lowest BCUT2D eigenvalue weighted by Crippen LogP contribution is -2.12. The molecule has 1 N–H and O–H groups in total. The van der Waals surface area contributed by atoms with Crippen LogP contribution in [-0.4, -0.2) is 35.3 Å². The lowest BCUT2D eigenvalue weighted by molar-refractivity contribution is 0.102. The van der Waals surface area contributed by atoms with Crippen LogP contribution in [-0.2, 0) is 7.05 Å². The van der Waals surface area contributed by atoms with E-state index in [9.17, 15) is 4.79 Å². The number of nitrogens with zero attached hydrogens (tertiary/aromatic N) is 6. The van der Waals surface area contributed by atoms with Crippen LogP contribution >= 0.6 is 0 Å². The number of aryl methyl sites for hydroxylation is 1. The van der Waals surface area contributed by atoms with Gasteiger partial charge in [0, 0.05) is 36.9 Å². The van der Waals surface area contributed by atoms with Crippen LogP contribution in [0.1, 0.15) is 10.5 Å². The van der Waals surface area contributed by atoms with Crippen LogP contribution in [0, 0.1) is 0 Å². The van der Waals surface area contributed by atoms with E-state index < -0.39 is 0 Å². The molecule has 3 heterocycles. The highest BCUT2D eigenvalue weighted by molar-refractivity contribution is 6.02. The van der Waals surface area contributed by atoms with Crippen molar-refractivity contribution in [3.8, 4) is 11.3 Å². The third-order valence-corrected chi connectivity index (χ3v) is 3.51. The highest BCUT2D eigenvalue weighted by atomic mass is 16.2. The number of imidazole rings is 1. The van der Waals surface area contributed by atoms with E-state index in [-0.39, 0.29) is 11.6 Å². The molecular formula is C16H13N7O. The minimum absolute atomic E-state index is 0.271. The highest BCUT2D eigenvalue weighted by Gasteiger charge is 2.10. The lowest BCUT2D eigenvalue weighted by Gasteiger charge is -2.03. The molecule has 0 saturated heterocycles. The van der Waals surface area contributed by atoms with Crippen LogP contribution in [0.25, 0.3) is 17.0 Å². The number of hydrogen-bond acceptors (Lipinski definition) is 5. The summed E-state index contributed by atoms with van der Waals surface area (Å²) in [6, 6.07) is 9.29. The Hall–Kier alpha value is -3.55. The third kappa shape index (κ3) is 2.60. The fraction of sp³-hybridized carbons (Fsp3) is 0.0625. The topological polar surface area (TPSA) is 90.0 Å². The molecule has 8 nitrogen and oxygen atoms in total. The SMILES string of the molecule is Cn1cc(C(=O)Nc2ccc(-c3cn4cccnc4n3)cc2)nn1. The van der Waals surface area contributed by atoms with E-state index in [1.807, 2.05) is 47.1 Å². The average Bonchev–Trinajstić information content (AvgIpc) is 3.21. The molecule has 3 aromatic heterocycles. The van der Waals surface area contributed by atoms with Crippen LogP contribution in [0.2, 0.25) is 0 Å². The minimum Gasteiger partial charge on any atom is -0.321 e. The van der Waals surface area contributed by atoms with Crippen molar-refractivity contribution < 1.29 is 4.79 Å². The second-order valence-corrected chi connectivity index (χ2v) is 5.26. The van der Waals surface area contributed by atoms with Crippen LogP contribution in [0.3, 0.4) is 0 Å². The van der Waals surface area contributed by atoms with Crippen LogP contribution in [0.15, 0.2) is 55.1 Å². The molecule has 0 fully saturated rings. The first-order chi connectivity index (χ1) is 11.7. The summed E-state index contributed by atoms with van der Waals surface area (Å²) < 4.78 is 3.34. The zero-order valence-electron chi connectivity index (χ0n) is 12.8. The standard InChI is InChI=1S/C16H13N7O/c1-22-9-14(20-21-22)15(24)18-12-5-3-11(4-6-12)13-10-23-8-2-7-17-16(23)19-13/h2-10H,1H3,(H,18,24). The van der Waals surface area contributed by atoms with Gasteiger partial charge in [-0.1, -0.05) is 17.3 Å². The van der Waals surface area contributed by atoms with E-state index in [1.54, 1.807) is 19.4 Å². The first kappa shape index (κ1) is 14.1. The van der Waals surface area contributed by atoms with Gasteiger partial charge in [0.2, 0.25) is 5.78 Å². The van der Waals surface area contributed by atoms with Gasteiger partial charge in [-0.25, -0.2) is 9.97 Å². The van der Waals surface area contributed by atoms with Gasteiger partial charge in [0.1, 0.15) is 0 Å². The van der Waals surface area contributed by atoms with Crippen molar-refractivity contribution in [3.05, 3.63) is 60.8 Å². The van der Waals surface area contributed by atoms with Crippen molar-refractivity contribution in [2.24, 2.45) is 7.05 Å². The molecule has 0 aliphatic rings. The molecule has 0 unspecified atom stereocenters. The first-order valence-electron chi connectivity index (χ1n) is 7.27. The molecule has 1 aromatic carbocycles. The predicted molar refractivity (Wildman–Crippen MR) is 87.4 cm³/mol. The number of anilines is 1. The fourth-order valence-corrected chi connectivity index (χ4v) is 2.34. The molecule has 0 spiro atoms. The number of amides is 1. The molecule has 0 atom stereocenters. The van der Waals surface area contributed by atoms with E-state index in [4.69, 9.17) is 0 Å². The molecule has 0 bridgehead atoms. The second kappa shape index (κ2) is 5.58. The fourth-order valence-electron chi connectivity index (χ4n) is 2.34. The van der Waals surface area contributed by atoms with Crippen molar-refractivity contribution >= 4 is 17.4 Å². The predicted octanol–water partition coefficient (Wildman–Crippen LogP) is 1.78. The van der Waals surface area contributed by atoms with Crippen LogP contribution < -0.4 is 5.32 Å². The van der Waals surface area contributed by atoms with Crippen molar-refractivity contribution in [3.63, 3.8) is 0 Å². The first-order valence-corrected chi connectivity index (χ1v) is 7.27. The lowest BCUT2D eigenvalue weighted by atomic mass is 10.1. The smallest absolute Gasteiger partial charge is 0.277 e. The summed E-state index contributed by atoms with van der Waals surface area (Å²) in [5, 5.41) is 10.3. The Labute approximate surface area is 136 Å². The molecular weight excluding hydrogens is 306 g/mol. The summed E-state index contributed by atoms with van der Waals surface area (Å²) in [6.45, 7) is 0. The van der Waals surface area contributed by atoms with E-state index in [1.165, 1.54) is 4.68 Å². The van der Waals surface area contributed by atoms with Gasteiger partial charge in [0.05, 0.1) is 11.9 Å². The Balaban J connectivity index is 1.55. The Morgan fingerprint density at radius 1 is 1.17 bits per heavy atom. The van der Waals surface area contributed by atoms with Crippen molar-refractivity contribution in [2.75, 3.05) is 5.32 Å². The summed E-state index contributed by atoms with van der Waals surface area (Å²) in [5.74, 6) is 0.348. The van der Waals surface area contributed by atoms with Crippen molar-refractivity contribution in [2.45, 2.75) is 0 Å². The zero-order chi connectivity index (χ0) is 16.5.